The Labute approximate surface area is 174 Å². The average molecular weight is 405 g/mol. The van der Waals surface area contributed by atoms with Crippen molar-refractivity contribution in [1.29, 1.82) is 0 Å². The number of rotatable bonds is 10. The van der Waals surface area contributed by atoms with Gasteiger partial charge in [0, 0.05) is 5.56 Å². The van der Waals surface area contributed by atoms with E-state index < -0.39 is 0 Å². The summed E-state index contributed by atoms with van der Waals surface area (Å²) >= 11 is 6.58. The molecule has 1 aromatic carbocycles. The third-order valence-corrected chi connectivity index (χ3v) is 4.90. The van der Waals surface area contributed by atoms with E-state index in [2.05, 4.69) is 27.7 Å². The first-order chi connectivity index (χ1) is 13.4. The Kier molecular flexibility index (Phi) is 8.56. The molecule has 0 radical (unpaired) electrons. The van der Waals surface area contributed by atoms with Crippen molar-refractivity contribution < 1.29 is 9.47 Å². The molecule has 1 atom stereocenters. The number of hydrogen-bond acceptors (Lipinski definition) is 4. The number of aryl methyl sites for hydroxylation is 2. The number of aromatic nitrogens is 2. The fourth-order valence-electron chi connectivity index (χ4n) is 3.13. The molecule has 5 heteroatoms. The summed E-state index contributed by atoms with van der Waals surface area (Å²) in [4.78, 5) is 9.76. The zero-order valence-electron chi connectivity index (χ0n) is 18.0. The highest BCUT2D eigenvalue weighted by atomic mass is 35.5. The number of halogens is 1. The van der Waals surface area contributed by atoms with E-state index in [0.29, 0.717) is 10.9 Å². The highest BCUT2D eigenvalue weighted by molar-refractivity contribution is 6.33. The Morgan fingerprint density at radius 1 is 0.964 bits per heavy atom. The molecule has 1 heterocycles. The van der Waals surface area contributed by atoms with E-state index in [9.17, 15) is 0 Å². The van der Waals surface area contributed by atoms with E-state index >= 15 is 0 Å². The van der Waals surface area contributed by atoms with E-state index in [1.54, 1.807) is 0 Å². The molecule has 2 aromatic rings. The summed E-state index contributed by atoms with van der Waals surface area (Å²) in [5, 5.41) is 0.621. The summed E-state index contributed by atoms with van der Waals surface area (Å²) in [7, 11) is 0. The predicted molar refractivity (Wildman–Crippen MR) is 117 cm³/mol. The third-order valence-electron chi connectivity index (χ3n) is 4.59. The van der Waals surface area contributed by atoms with Gasteiger partial charge in [-0.15, -0.1) is 0 Å². The van der Waals surface area contributed by atoms with Gasteiger partial charge in [0.15, 0.2) is 0 Å². The van der Waals surface area contributed by atoms with Gasteiger partial charge in [0.05, 0.1) is 22.5 Å². The van der Waals surface area contributed by atoms with Crippen molar-refractivity contribution in [2.45, 2.75) is 85.9 Å². The van der Waals surface area contributed by atoms with Crippen LogP contribution in [0.2, 0.25) is 5.02 Å². The van der Waals surface area contributed by atoms with Gasteiger partial charge in [-0.05, 0) is 57.7 Å². The van der Waals surface area contributed by atoms with Crippen LogP contribution in [-0.4, -0.2) is 22.2 Å². The van der Waals surface area contributed by atoms with Crippen molar-refractivity contribution in [2.75, 3.05) is 0 Å². The highest BCUT2D eigenvalue weighted by Gasteiger charge is 2.19. The Morgan fingerprint density at radius 3 is 2.21 bits per heavy atom. The van der Waals surface area contributed by atoms with Gasteiger partial charge in [0.25, 0.3) is 0 Å². The quantitative estimate of drug-likeness (QED) is 0.443. The molecule has 0 bridgehead atoms. The first-order valence-corrected chi connectivity index (χ1v) is 10.8. The van der Waals surface area contributed by atoms with Gasteiger partial charge < -0.3 is 9.47 Å². The average Bonchev–Trinajstić information content (AvgIpc) is 2.67. The van der Waals surface area contributed by atoms with Crippen molar-refractivity contribution in [3.63, 3.8) is 0 Å². The number of benzene rings is 1. The molecule has 1 unspecified atom stereocenters. The molecule has 2 rings (SSSR count). The van der Waals surface area contributed by atoms with Crippen LogP contribution in [-0.2, 0) is 12.8 Å². The molecule has 0 aliphatic carbocycles. The third kappa shape index (κ3) is 5.60. The molecule has 4 nitrogen and oxygen atoms in total. The summed E-state index contributed by atoms with van der Waals surface area (Å²) in [6.07, 6.45) is 4.87. The Balaban J connectivity index is 2.45. The maximum absolute atomic E-state index is 6.58. The van der Waals surface area contributed by atoms with Crippen molar-refractivity contribution in [3.05, 3.63) is 34.6 Å². The van der Waals surface area contributed by atoms with Gasteiger partial charge in [-0.25, -0.2) is 9.97 Å². The maximum atomic E-state index is 6.58. The Morgan fingerprint density at radius 2 is 1.68 bits per heavy atom. The second-order valence-electron chi connectivity index (χ2n) is 7.22. The van der Waals surface area contributed by atoms with Gasteiger partial charge in [0.2, 0.25) is 5.88 Å². The lowest BCUT2D eigenvalue weighted by atomic mass is 10.1. The van der Waals surface area contributed by atoms with Crippen LogP contribution in [0.3, 0.4) is 0 Å². The minimum atomic E-state index is 0.102. The van der Waals surface area contributed by atoms with E-state index in [0.717, 1.165) is 60.5 Å². The minimum Gasteiger partial charge on any atom is -0.491 e. The molecular formula is C23H33ClN2O2. The lowest BCUT2D eigenvalue weighted by Crippen LogP contribution is -2.18. The Bertz CT molecular complexity index is 777. The van der Waals surface area contributed by atoms with Crippen LogP contribution < -0.4 is 9.47 Å². The van der Waals surface area contributed by atoms with E-state index in [1.807, 2.05) is 32.0 Å². The molecule has 0 amide bonds. The molecule has 0 N–H and O–H groups in total. The normalized spacial score (nSPS) is 12.3. The Hall–Kier alpha value is -1.81. The van der Waals surface area contributed by atoms with Crippen LogP contribution in [0.15, 0.2) is 18.2 Å². The topological polar surface area (TPSA) is 44.2 Å². The first-order valence-electron chi connectivity index (χ1n) is 10.5. The van der Waals surface area contributed by atoms with Crippen LogP contribution in [0, 0.1) is 0 Å². The largest absolute Gasteiger partial charge is 0.491 e. The van der Waals surface area contributed by atoms with E-state index in [1.165, 1.54) is 0 Å². The molecule has 0 saturated heterocycles. The smallest absolute Gasteiger partial charge is 0.236 e. The van der Waals surface area contributed by atoms with Crippen molar-refractivity contribution in [2.24, 2.45) is 0 Å². The predicted octanol–water partition coefficient (Wildman–Crippen LogP) is 6.67. The van der Waals surface area contributed by atoms with E-state index in [-0.39, 0.29) is 12.2 Å². The minimum absolute atomic E-state index is 0.102. The van der Waals surface area contributed by atoms with Gasteiger partial charge in [0.1, 0.15) is 17.5 Å². The molecule has 1 aromatic heterocycles. The zero-order valence-corrected chi connectivity index (χ0v) is 18.8. The van der Waals surface area contributed by atoms with Gasteiger partial charge in [-0.2, -0.15) is 0 Å². The molecule has 0 aliphatic heterocycles. The SMILES string of the molecule is CCCC(CC)Oc1nc(CC)c(-c2ccc(OC(C)C)cc2Cl)nc1CC. The van der Waals surface area contributed by atoms with Crippen LogP contribution >= 0.6 is 11.6 Å². The van der Waals surface area contributed by atoms with Crippen LogP contribution in [0.4, 0.5) is 0 Å². The van der Waals surface area contributed by atoms with Gasteiger partial charge in [-0.3, -0.25) is 0 Å². The summed E-state index contributed by atoms with van der Waals surface area (Å²) in [5.41, 5.74) is 3.48. The summed E-state index contributed by atoms with van der Waals surface area (Å²) < 4.78 is 12.0. The van der Waals surface area contributed by atoms with Gasteiger partial charge in [-0.1, -0.05) is 45.7 Å². The number of nitrogens with zero attached hydrogens (tertiary/aromatic N) is 2. The fraction of sp³-hybridized carbons (Fsp3) is 0.565. The van der Waals surface area contributed by atoms with Crippen LogP contribution in [0.25, 0.3) is 11.3 Å². The summed E-state index contributed by atoms with van der Waals surface area (Å²) in [6, 6.07) is 5.75. The number of hydrogen-bond donors (Lipinski definition) is 0. The lowest BCUT2D eigenvalue weighted by Gasteiger charge is -2.20. The number of ether oxygens (including phenoxy) is 2. The molecule has 0 spiro atoms. The first kappa shape index (κ1) is 22.5. The monoisotopic (exact) mass is 404 g/mol. The van der Waals surface area contributed by atoms with Crippen LogP contribution in [0.5, 0.6) is 11.6 Å². The van der Waals surface area contributed by atoms with Crippen molar-refractivity contribution in [3.8, 4) is 22.9 Å². The molecule has 154 valence electrons. The van der Waals surface area contributed by atoms with Crippen molar-refractivity contribution in [1.82, 2.24) is 9.97 Å². The summed E-state index contributed by atoms with van der Waals surface area (Å²) in [5.74, 6) is 1.43. The maximum Gasteiger partial charge on any atom is 0.236 e. The second kappa shape index (κ2) is 10.7. The zero-order chi connectivity index (χ0) is 20.7. The van der Waals surface area contributed by atoms with Gasteiger partial charge >= 0.3 is 0 Å². The molecular weight excluding hydrogens is 372 g/mol. The lowest BCUT2D eigenvalue weighted by molar-refractivity contribution is 0.175. The summed E-state index contributed by atoms with van der Waals surface area (Å²) in [6.45, 7) is 12.5. The standard InChI is InChI=1S/C23H33ClN2O2/c1-7-11-16(8-2)28-23-21(10-4)25-22(20(9-3)26-23)18-13-12-17(14-19(18)24)27-15(5)6/h12-16H,7-11H2,1-6H3. The fourth-order valence-corrected chi connectivity index (χ4v) is 3.39. The van der Waals surface area contributed by atoms with E-state index in [4.69, 9.17) is 31.0 Å². The molecule has 0 aliphatic rings. The molecule has 0 saturated carbocycles. The second-order valence-corrected chi connectivity index (χ2v) is 7.63. The van der Waals surface area contributed by atoms with Crippen molar-refractivity contribution >= 4 is 11.6 Å². The highest BCUT2D eigenvalue weighted by Crippen LogP contribution is 2.34. The molecule has 0 fully saturated rings. The molecule has 28 heavy (non-hydrogen) atoms. The van der Waals surface area contributed by atoms with Crippen LogP contribution in [0.1, 0.15) is 72.2 Å².